The van der Waals surface area contributed by atoms with Gasteiger partial charge in [0.25, 0.3) is 0 Å². The summed E-state index contributed by atoms with van der Waals surface area (Å²) >= 11 is 0. The molecule has 0 aromatic rings. The van der Waals surface area contributed by atoms with E-state index in [-0.39, 0.29) is 5.60 Å². The zero-order valence-corrected chi connectivity index (χ0v) is 12.0. The molecule has 2 aliphatic carbocycles. The van der Waals surface area contributed by atoms with E-state index in [2.05, 4.69) is 33.0 Å². The van der Waals surface area contributed by atoms with Crippen molar-refractivity contribution >= 4 is 0 Å². The molecule has 0 aromatic heterocycles. The van der Waals surface area contributed by atoms with E-state index < -0.39 is 0 Å². The van der Waals surface area contributed by atoms with Crippen LogP contribution in [-0.4, -0.2) is 24.3 Å². The third-order valence-corrected chi connectivity index (χ3v) is 4.46. The van der Waals surface area contributed by atoms with Gasteiger partial charge in [-0.05, 0) is 53.0 Å². The Morgan fingerprint density at radius 3 is 2.41 bits per heavy atom. The number of ether oxygens (including phenoxy) is 1. The van der Waals surface area contributed by atoms with Gasteiger partial charge in [0.05, 0.1) is 11.7 Å². The Labute approximate surface area is 107 Å². The molecule has 1 spiro atoms. The lowest BCUT2D eigenvalue weighted by Crippen LogP contribution is -2.63. The van der Waals surface area contributed by atoms with Gasteiger partial charge in [0.15, 0.2) is 0 Å². The second kappa shape index (κ2) is 4.89. The SMILES string of the molecule is CCCNC1CC(OC(C)(C)C)C12CCCC2. The molecule has 2 nitrogen and oxygen atoms in total. The fraction of sp³-hybridized carbons (Fsp3) is 1.00. The standard InChI is InChI=1S/C15H29NO/c1-5-10-16-12-11-13(17-14(2,3)4)15(12)8-6-7-9-15/h12-13,16H,5-11H2,1-4H3. The molecule has 2 heteroatoms. The first-order chi connectivity index (χ1) is 7.98. The van der Waals surface area contributed by atoms with E-state index in [1.54, 1.807) is 0 Å². The number of hydrogen-bond donors (Lipinski definition) is 1. The van der Waals surface area contributed by atoms with Gasteiger partial charge in [-0.25, -0.2) is 0 Å². The van der Waals surface area contributed by atoms with Crippen LogP contribution in [-0.2, 0) is 4.74 Å². The largest absolute Gasteiger partial charge is 0.372 e. The first-order valence-electron chi connectivity index (χ1n) is 7.39. The zero-order valence-electron chi connectivity index (χ0n) is 12.0. The Bertz CT molecular complexity index is 250. The molecule has 0 aliphatic heterocycles. The molecule has 2 unspecified atom stereocenters. The zero-order chi connectivity index (χ0) is 12.5. The van der Waals surface area contributed by atoms with Crippen molar-refractivity contribution < 1.29 is 4.74 Å². The minimum atomic E-state index is 0.00990. The van der Waals surface area contributed by atoms with Gasteiger partial charge in [0.1, 0.15) is 0 Å². The van der Waals surface area contributed by atoms with Crippen LogP contribution in [0.1, 0.15) is 66.2 Å². The number of rotatable bonds is 4. The quantitative estimate of drug-likeness (QED) is 0.810. The summed E-state index contributed by atoms with van der Waals surface area (Å²) in [6, 6.07) is 0.720. The van der Waals surface area contributed by atoms with Crippen LogP contribution in [0.2, 0.25) is 0 Å². The molecule has 0 saturated heterocycles. The van der Waals surface area contributed by atoms with Crippen LogP contribution in [0.25, 0.3) is 0 Å². The summed E-state index contributed by atoms with van der Waals surface area (Å²) in [5, 5.41) is 3.74. The van der Waals surface area contributed by atoms with Gasteiger partial charge in [0.2, 0.25) is 0 Å². The summed E-state index contributed by atoms with van der Waals surface area (Å²) in [5.74, 6) is 0. The van der Waals surface area contributed by atoms with E-state index in [1.807, 2.05) is 0 Å². The highest BCUT2D eigenvalue weighted by Gasteiger charge is 2.57. The molecule has 2 atom stereocenters. The van der Waals surface area contributed by atoms with Gasteiger partial charge in [-0.15, -0.1) is 0 Å². The third-order valence-electron chi connectivity index (χ3n) is 4.46. The normalized spacial score (nSPS) is 31.8. The summed E-state index contributed by atoms with van der Waals surface area (Å²) in [7, 11) is 0. The van der Waals surface area contributed by atoms with E-state index in [4.69, 9.17) is 4.74 Å². The lowest BCUT2D eigenvalue weighted by molar-refractivity contribution is -0.184. The second-order valence-corrected chi connectivity index (χ2v) is 6.90. The van der Waals surface area contributed by atoms with Crippen molar-refractivity contribution in [1.29, 1.82) is 0 Å². The lowest BCUT2D eigenvalue weighted by atomic mass is 9.60. The van der Waals surface area contributed by atoms with Crippen LogP contribution in [0.4, 0.5) is 0 Å². The summed E-state index contributed by atoms with van der Waals surface area (Å²) in [6.45, 7) is 9.96. The molecule has 0 heterocycles. The van der Waals surface area contributed by atoms with Crippen molar-refractivity contribution in [2.75, 3.05) is 6.54 Å². The minimum Gasteiger partial charge on any atom is -0.372 e. The molecule has 17 heavy (non-hydrogen) atoms. The van der Waals surface area contributed by atoms with Crippen molar-refractivity contribution in [1.82, 2.24) is 5.32 Å². The molecule has 0 radical (unpaired) electrons. The van der Waals surface area contributed by atoms with Gasteiger partial charge in [-0.1, -0.05) is 19.8 Å². The van der Waals surface area contributed by atoms with Crippen molar-refractivity contribution in [2.45, 2.75) is 84.0 Å². The molecular weight excluding hydrogens is 210 g/mol. The molecule has 2 saturated carbocycles. The highest BCUT2D eigenvalue weighted by molar-refractivity contribution is 5.10. The van der Waals surface area contributed by atoms with Crippen LogP contribution >= 0.6 is 0 Å². The maximum Gasteiger partial charge on any atom is 0.0668 e. The smallest absolute Gasteiger partial charge is 0.0668 e. The molecule has 2 aliphatic rings. The maximum atomic E-state index is 6.28. The maximum absolute atomic E-state index is 6.28. The molecule has 0 bridgehead atoms. The third kappa shape index (κ3) is 2.68. The Balaban J connectivity index is 1.96. The molecule has 0 amide bonds. The predicted molar refractivity (Wildman–Crippen MR) is 72.2 cm³/mol. The highest BCUT2D eigenvalue weighted by atomic mass is 16.5. The Kier molecular flexibility index (Phi) is 3.84. The molecule has 1 N–H and O–H groups in total. The monoisotopic (exact) mass is 239 g/mol. The topological polar surface area (TPSA) is 21.3 Å². The van der Waals surface area contributed by atoms with Gasteiger partial charge in [0, 0.05) is 11.5 Å². The van der Waals surface area contributed by atoms with Gasteiger partial charge >= 0.3 is 0 Å². The predicted octanol–water partition coefficient (Wildman–Crippen LogP) is 3.50. The Hall–Kier alpha value is -0.0800. The van der Waals surface area contributed by atoms with E-state index in [1.165, 1.54) is 38.5 Å². The van der Waals surface area contributed by atoms with Crippen LogP contribution < -0.4 is 5.32 Å². The molecular formula is C15H29NO. The molecule has 100 valence electrons. The summed E-state index contributed by atoms with van der Waals surface area (Å²) < 4.78 is 6.28. The van der Waals surface area contributed by atoms with Crippen molar-refractivity contribution in [3.05, 3.63) is 0 Å². The highest BCUT2D eigenvalue weighted by Crippen LogP contribution is 2.55. The Morgan fingerprint density at radius 1 is 1.24 bits per heavy atom. The summed E-state index contributed by atoms with van der Waals surface area (Å²) in [6.07, 6.45) is 8.49. The first-order valence-corrected chi connectivity index (χ1v) is 7.39. The van der Waals surface area contributed by atoms with E-state index in [0.717, 1.165) is 12.6 Å². The summed E-state index contributed by atoms with van der Waals surface area (Å²) in [5.41, 5.74) is 0.485. The van der Waals surface area contributed by atoms with Crippen LogP contribution in [0.15, 0.2) is 0 Å². The molecule has 2 rings (SSSR count). The van der Waals surface area contributed by atoms with Crippen LogP contribution in [0.3, 0.4) is 0 Å². The minimum absolute atomic E-state index is 0.00990. The van der Waals surface area contributed by atoms with Gasteiger partial charge < -0.3 is 10.1 Å². The van der Waals surface area contributed by atoms with E-state index in [9.17, 15) is 0 Å². The first kappa shape index (κ1) is 13.4. The van der Waals surface area contributed by atoms with Crippen molar-refractivity contribution in [2.24, 2.45) is 5.41 Å². The fourth-order valence-corrected chi connectivity index (χ4v) is 3.65. The van der Waals surface area contributed by atoms with Crippen molar-refractivity contribution in [3.8, 4) is 0 Å². The summed E-state index contributed by atoms with van der Waals surface area (Å²) in [4.78, 5) is 0. The lowest BCUT2D eigenvalue weighted by Gasteiger charge is -2.56. The molecule has 2 fully saturated rings. The van der Waals surface area contributed by atoms with Crippen molar-refractivity contribution in [3.63, 3.8) is 0 Å². The average molecular weight is 239 g/mol. The Morgan fingerprint density at radius 2 is 1.88 bits per heavy atom. The molecule has 0 aromatic carbocycles. The number of nitrogens with one attached hydrogen (secondary N) is 1. The second-order valence-electron chi connectivity index (χ2n) is 6.90. The van der Waals surface area contributed by atoms with Gasteiger partial charge in [-0.2, -0.15) is 0 Å². The average Bonchev–Trinajstić information content (AvgIpc) is 2.72. The van der Waals surface area contributed by atoms with Crippen LogP contribution in [0, 0.1) is 5.41 Å². The fourth-order valence-electron chi connectivity index (χ4n) is 3.65. The number of hydrogen-bond acceptors (Lipinski definition) is 2. The van der Waals surface area contributed by atoms with Gasteiger partial charge in [-0.3, -0.25) is 0 Å². The van der Waals surface area contributed by atoms with Crippen LogP contribution in [0.5, 0.6) is 0 Å². The van der Waals surface area contributed by atoms with E-state index in [0.29, 0.717) is 11.5 Å². The van der Waals surface area contributed by atoms with E-state index >= 15 is 0 Å².